The molecular formula is C26H28ClN3O4S. The van der Waals surface area contributed by atoms with Gasteiger partial charge in [-0.2, -0.15) is 0 Å². The average molecular weight is 514 g/mol. The third-order valence-electron chi connectivity index (χ3n) is 5.73. The predicted octanol–water partition coefficient (Wildman–Crippen LogP) is 6.03. The summed E-state index contributed by atoms with van der Waals surface area (Å²) in [6.45, 7) is 5.09. The maximum Gasteiger partial charge on any atom is 0.288 e. The van der Waals surface area contributed by atoms with E-state index in [4.69, 9.17) is 11.6 Å². The van der Waals surface area contributed by atoms with Crippen LogP contribution in [0.25, 0.3) is 0 Å². The molecule has 2 amide bonds. The lowest BCUT2D eigenvalue weighted by atomic mass is 10.1. The number of halogens is 1. The molecule has 2 aromatic carbocycles. The van der Waals surface area contributed by atoms with Gasteiger partial charge in [0.05, 0.1) is 11.5 Å². The molecule has 3 aromatic rings. The van der Waals surface area contributed by atoms with E-state index in [0.29, 0.717) is 19.6 Å². The second-order valence-corrected chi connectivity index (χ2v) is 9.88. The summed E-state index contributed by atoms with van der Waals surface area (Å²) in [5.74, 6) is -0.481. The molecule has 0 aliphatic heterocycles. The van der Waals surface area contributed by atoms with Gasteiger partial charge in [-0.3, -0.25) is 19.7 Å². The summed E-state index contributed by atoms with van der Waals surface area (Å²) in [5.41, 5.74) is 0.784. The van der Waals surface area contributed by atoms with Gasteiger partial charge in [0.1, 0.15) is 11.6 Å². The summed E-state index contributed by atoms with van der Waals surface area (Å²) < 4.78 is 0. The zero-order valence-corrected chi connectivity index (χ0v) is 21.3. The fourth-order valence-corrected chi connectivity index (χ4v) is 4.49. The van der Waals surface area contributed by atoms with Gasteiger partial charge in [-0.05, 0) is 35.1 Å². The Morgan fingerprint density at radius 2 is 1.80 bits per heavy atom. The van der Waals surface area contributed by atoms with Crippen molar-refractivity contribution in [2.75, 3.05) is 13.1 Å². The quantitative estimate of drug-likeness (QED) is 0.231. The van der Waals surface area contributed by atoms with Gasteiger partial charge in [-0.25, -0.2) is 0 Å². The largest absolute Gasteiger partial charge is 0.332 e. The van der Waals surface area contributed by atoms with E-state index >= 15 is 0 Å². The van der Waals surface area contributed by atoms with Crippen LogP contribution in [-0.4, -0.2) is 39.6 Å². The Bertz CT molecular complexity index is 1150. The Labute approximate surface area is 214 Å². The highest BCUT2D eigenvalue weighted by atomic mass is 35.5. The first kappa shape index (κ1) is 26.4. The number of thiophene rings is 1. The first-order valence-corrected chi connectivity index (χ1v) is 12.6. The zero-order chi connectivity index (χ0) is 25.4. The fraction of sp³-hybridized carbons (Fsp3) is 0.308. The molecule has 1 unspecified atom stereocenters. The van der Waals surface area contributed by atoms with Crippen LogP contribution in [0, 0.1) is 16.0 Å². The summed E-state index contributed by atoms with van der Waals surface area (Å²) in [7, 11) is 0. The lowest BCUT2D eigenvalue weighted by Crippen LogP contribution is -2.44. The molecule has 184 valence electrons. The van der Waals surface area contributed by atoms with Crippen molar-refractivity contribution in [3.8, 4) is 0 Å². The number of nitrogens with zero attached hydrogens (tertiary/aromatic N) is 3. The number of hydrogen-bond acceptors (Lipinski definition) is 5. The smallest absolute Gasteiger partial charge is 0.288 e. The van der Waals surface area contributed by atoms with Crippen LogP contribution in [0.15, 0.2) is 66.0 Å². The molecule has 0 saturated carbocycles. The van der Waals surface area contributed by atoms with E-state index in [1.165, 1.54) is 23.1 Å². The summed E-state index contributed by atoms with van der Waals surface area (Å²) in [4.78, 5) is 41.9. The number of hydrogen-bond donors (Lipinski definition) is 0. The van der Waals surface area contributed by atoms with Gasteiger partial charge >= 0.3 is 0 Å². The zero-order valence-electron chi connectivity index (χ0n) is 19.7. The second kappa shape index (κ2) is 12.5. The number of rotatable bonds is 11. The van der Waals surface area contributed by atoms with Crippen molar-refractivity contribution in [3.63, 3.8) is 0 Å². The van der Waals surface area contributed by atoms with E-state index in [-0.39, 0.29) is 34.6 Å². The highest BCUT2D eigenvalue weighted by Crippen LogP contribution is 2.26. The normalized spacial score (nSPS) is 11.6. The number of carbonyl (C=O) groups is 2. The molecule has 7 nitrogen and oxygen atoms in total. The van der Waals surface area contributed by atoms with E-state index in [9.17, 15) is 19.7 Å². The van der Waals surface area contributed by atoms with Gasteiger partial charge in [0.25, 0.3) is 11.6 Å². The Kier molecular flexibility index (Phi) is 9.39. The minimum Gasteiger partial charge on any atom is -0.332 e. The van der Waals surface area contributed by atoms with Crippen molar-refractivity contribution < 1.29 is 14.5 Å². The van der Waals surface area contributed by atoms with Crippen molar-refractivity contribution in [3.05, 3.63) is 97.2 Å². The van der Waals surface area contributed by atoms with E-state index in [1.54, 1.807) is 16.2 Å². The van der Waals surface area contributed by atoms with E-state index in [2.05, 4.69) is 0 Å². The number of nitro groups is 1. The minimum atomic E-state index is -0.619. The molecule has 1 atom stereocenters. The molecule has 0 radical (unpaired) electrons. The van der Waals surface area contributed by atoms with Crippen molar-refractivity contribution >= 4 is 40.4 Å². The maximum atomic E-state index is 13.5. The SMILES string of the molecule is CCC(C)CN(CC(=O)N(Cc1ccccc1)Cc1cccs1)C(=O)c1ccc(Cl)c([N+](=O)[O-])c1. The molecular weight excluding hydrogens is 486 g/mol. The van der Waals surface area contributed by atoms with Crippen molar-refractivity contribution in [2.24, 2.45) is 5.92 Å². The molecule has 0 fully saturated rings. The first-order chi connectivity index (χ1) is 16.8. The topological polar surface area (TPSA) is 83.8 Å². The van der Waals surface area contributed by atoms with Crippen molar-refractivity contribution in [1.82, 2.24) is 9.80 Å². The summed E-state index contributed by atoms with van der Waals surface area (Å²) in [6, 6.07) is 17.6. The Hall–Kier alpha value is -3.23. The molecule has 0 aliphatic rings. The Morgan fingerprint density at radius 1 is 1.06 bits per heavy atom. The summed E-state index contributed by atoms with van der Waals surface area (Å²) >= 11 is 7.50. The molecule has 0 saturated heterocycles. The number of carbonyl (C=O) groups excluding carboxylic acids is 2. The average Bonchev–Trinajstić information content (AvgIpc) is 3.36. The van der Waals surface area contributed by atoms with Crippen LogP contribution in [0.5, 0.6) is 0 Å². The maximum absolute atomic E-state index is 13.5. The first-order valence-electron chi connectivity index (χ1n) is 11.4. The molecule has 0 spiro atoms. The van der Waals surface area contributed by atoms with E-state index in [1.807, 2.05) is 61.7 Å². The molecule has 9 heteroatoms. The van der Waals surface area contributed by atoms with Crippen LogP contribution in [0.4, 0.5) is 5.69 Å². The molecule has 35 heavy (non-hydrogen) atoms. The monoisotopic (exact) mass is 513 g/mol. The highest BCUT2D eigenvalue weighted by Gasteiger charge is 2.26. The summed E-state index contributed by atoms with van der Waals surface area (Å²) in [6.07, 6.45) is 0.821. The predicted molar refractivity (Wildman–Crippen MR) is 138 cm³/mol. The van der Waals surface area contributed by atoms with Crippen LogP contribution < -0.4 is 0 Å². The van der Waals surface area contributed by atoms with Crippen LogP contribution in [0.3, 0.4) is 0 Å². The van der Waals surface area contributed by atoms with Crippen LogP contribution in [-0.2, 0) is 17.9 Å². The van der Waals surface area contributed by atoms with E-state index in [0.717, 1.165) is 16.9 Å². The number of benzene rings is 2. The second-order valence-electron chi connectivity index (χ2n) is 8.44. The standard InChI is InChI=1S/C26H28ClN3O4S/c1-3-19(2)15-29(26(32)21-11-12-23(27)24(14-21)30(33)34)18-25(31)28(17-22-10-7-13-35-22)16-20-8-5-4-6-9-20/h4-14,19H,3,15-18H2,1-2H3. The van der Waals surface area contributed by atoms with Crippen LogP contribution >= 0.6 is 22.9 Å². The Morgan fingerprint density at radius 3 is 2.43 bits per heavy atom. The van der Waals surface area contributed by atoms with Gasteiger partial charge in [0.2, 0.25) is 5.91 Å². The van der Waals surface area contributed by atoms with Crippen molar-refractivity contribution in [2.45, 2.75) is 33.4 Å². The van der Waals surface area contributed by atoms with Gasteiger partial charge in [0.15, 0.2) is 0 Å². The summed E-state index contributed by atoms with van der Waals surface area (Å²) in [5, 5.41) is 13.2. The molecule has 0 aliphatic carbocycles. The fourth-order valence-electron chi connectivity index (χ4n) is 3.58. The van der Waals surface area contributed by atoms with Crippen LogP contribution in [0.2, 0.25) is 5.02 Å². The van der Waals surface area contributed by atoms with Gasteiger partial charge in [-0.1, -0.05) is 68.3 Å². The van der Waals surface area contributed by atoms with Gasteiger partial charge < -0.3 is 9.80 Å². The minimum absolute atomic E-state index is 0.0407. The number of nitro benzene ring substituents is 1. The van der Waals surface area contributed by atoms with Crippen LogP contribution in [0.1, 0.15) is 41.1 Å². The molecule has 3 rings (SSSR count). The Balaban J connectivity index is 1.86. The lowest BCUT2D eigenvalue weighted by molar-refractivity contribution is -0.384. The van der Waals surface area contributed by atoms with Gasteiger partial charge in [-0.15, -0.1) is 11.3 Å². The van der Waals surface area contributed by atoms with Gasteiger partial charge in [0, 0.05) is 29.6 Å². The van der Waals surface area contributed by atoms with Crippen molar-refractivity contribution in [1.29, 1.82) is 0 Å². The number of amides is 2. The third-order valence-corrected chi connectivity index (χ3v) is 6.91. The molecule has 1 aromatic heterocycles. The lowest BCUT2D eigenvalue weighted by Gasteiger charge is -2.29. The third kappa shape index (κ3) is 7.37. The van der Waals surface area contributed by atoms with E-state index < -0.39 is 10.8 Å². The highest BCUT2D eigenvalue weighted by molar-refractivity contribution is 7.09. The molecule has 0 bridgehead atoms. The molecule has 1 heterocycles. The molecule has 0 N–H and O–H groups in total.